The van der Waals surface area contributed by atoms with Gasteiger partial charge < -0.3 is 0 Å². The van der Waals surface area contributed by atoms with E-state index in [9.17, 15) is 8.78 Å². The van der Waals surface area contributed by atoms with Gasteiger partial charge in [-0.2, -0.15) is 0 Å². The molecule has 1 unspecified atom stereocenters. The summed E-state index contributed by atoms with van der Waals surface area (Å²) in [5.74, 6) is 0. The lowest BCUT2D eigenvalue weighted by molar-refractivity contribution is -0.346. The minimum absolute atomic E-state index is 0.0262. The van der Waals surface area contributed by atoms with Gasteiger partial charge in [-0.3, -0.25) is 9.47 Å². The van der Waals surface area contributed by atoms with Crippen LogP contribution in [0, 0.1) is 0 Å². The molecule has 1 aromatic carbocycles. The largest absolute Gasteiger partial charge is 0.485 e. The Hall–Kier alpha value is -1.00. The van der Waals surface area contributed by atoms with Gasteiger partial charge in [0.1, 0.15) is 0 Å². The van der Waals surface area contributed by atoms with E-state index in [1.807, 2.05) is 0 Å². The van der Waals surface area contributed by atoms with E-state index in [2.05, 4.69) is 40.7 Å². The molecule has 1 aliphatic rings. The maximum atomic E-state index is 12.6. The highest BCUT2D eigenvalue weighted by Gasteiger charge is 2.42. The van der Waals surface area contributed by atoms with Crippen molar-refractivity contribution in [2.24, 2.45) is 0 Å². The van der Waals surface area contributed by atoms with Crippen LogP contribution in [0.1, 0.15) is 37.3 Å². The van der Waals surface area contributed by atoms with Gasteiger partial charge in [0, 0.05) is 0 Å². The second-order valence-electron chi connectivity index (χ2n) is 4.97. The van der Waals surface area contributed by atoms with Crippen LogP contribution in [0.4, 0.5) is 8.78 Å². The van der Waals surface area contributed by atoms with Crippen LogP contribution in [0.2, 0.25) is 0 Å². The zero-order valence-electron chi connectivity index (χ0n) is 11.2. The van der Waals surface area contributed by atoms with Crippen molar-refractivity contribution in [1.82, 2.24) is 0 Å². The first-order valence-electron chi connectivity index (χ1n) is 6.86. The molecule has 2 rings (SSSR count). The fourth-order valence-electron chi connectivity index (χ4n) is 2.18. The Morgan fingerprint density at radius 2 is 1.79 bits per heavy atom. The minimum Gasteiger partial charge on any atom is -0.293 e. The van der Waals surface area contributed by atoms with E-state index >= 15 is 0 Å². The molecular formula is C15H20F2O2. The van der Waals surface area contributed by atoms with E-state index < -0.39 is 12.4 Å². The Bertz CT molecular complexity index is 390. The number of benzene rings is 1. The molecule has 0 saturated carbocycles. The summed E-state index contributed by atoms with van der Waals surface area (Å²) in [6.45, 7) is 2.15. The van der Waals surface area contributed by atoms with Crippen LogP contribution in [-0.2, 0) is 22.3 Å². The number of alkyl halides is 2. The number of ether oxygens (including phenoxy) is 2. The van der Waals surface area contributed by atoms with Gasteiger partial charge in [-0.15, -0.1) is 8.78 Å². The second kappa shape index (κ2) is 6.44. The van der Waals surface area contributed by atoms with Gasteiger partial charge >= 0.3 is 6.29 Å². The average Bonchev–Trinajstić information content (AvgIpc) is 2.75. The van der Waals surface area contributed by atoms with Crippen molar-refractivity contribution in [3.05, 3.63) is 35.4 Å². The molecule has 0 amide bonds. The maximum Gasteiger partial charge on any atom is 0.485 e. The predicted octanol–water partition coefficient (Wildman–Crippen LogP) is 3.93. The molecule has 0 radical (unpaired) electrons. The molecule has 19 heavy (non-hydrogen) atoms. The number of hydrogen-bond donors (Lipinski definition) is 0. The molecule has 0 N–H and O–H groups in total. The van der Waals surface area contributed by atoms with E-state index in [0.717, 1.165) is 18.4 Å². The molecule has 106 valence electrons. The van der Waals surface area contributed by atoms with Crippen molar-refractivity contribution in [2.75, 3.05) is 6.61 Å². The fourth-order valence-corrected chi connectivity index (χ4v) is 2.18. The summed E-state index contributed by atoms with van der Waals surface area (Å²) < 4.78 is 34.0. The monoisotopic (exact) mass is 270 g/mol. The summed E-state index contributed by atoms with van der Waals surface area (Å²) in [4.78, 5) is 0. The van der Waals surface area contributed by atoms with Crippen LogP contribution in [0.3, 0.4) is 0 Å². The average molecular weight is 270 g/mol. The molecule has 0 bridgehead atoms. The first-order valence-corrected chi connectivity index (χ1v) is 6.86. The van der Waals surface area contributed by atoms with Gasteiger partial charge in [-0.25, -0.2) is 0 Å². The maximum absolute atomic E-state index is 12.6. The van der Waals surface area contributed by atoms with Crippen molar-refractivity contribution in [2.45, 2.75) is 51.4 Å². The van der Waals surface area contributed by atoms with E-state index in [-0.39, 0.29) is 6.61 Å². The first-order chi connectivity index (χ1) is 9.09. The zero-order valence-corrected chi connectivity index (χ0v) is 11.2. The smallest absolute Gasteiger partial charge is 0.293 e. The quantitative estimate of drug-likeness (QED) is 0.779. The normalized spacial score (nSPS) is 21.7. The lowest BCUT2D eigenvalue weighted by Crippen LogP contribution is -2.18. The Morgan fingerprint density at radius 1 is 1.16 bits per heavy atom. The second-order valence-corrected chi connectivity index (χ2v) is 4.97. The number of rotatable bonds is 6. The molecule has 1 saturated heterocycles. The Balaban J connectivity index is 1.77. The lowest BCUT2D eigenvalue weighted by atomic mass is 10.0. The number of halogens is 2. The lowest BCUT2D eigenvalue weighted by Gasteiger charge is -2.09. The topological polar surface area (TPSA) is 18.5 Å². The number of unbranched alkanes of at least 4 members (excludes halogenated alkanes) is 1. The Kier molecular flexibility index (Phi) is 4.88. The first kappa shape index (κ1) is 14.4. The third-order valence-electron chi connectivity index (χ3n) is 3.34. The van der Waals surface area contributed by atoms with Crippen molar-refractivity contribution in [3.8, 4) is 0 Å². The molecule has 0 aliphatic carbocycles. The van der Waals surface area contributed by atoms with Crippen molar-refractivity contribution in [3.63, 3.8) is 0 Å². The van der Waals surface area contributed by atoms with Crippen molar-refractivity contribution >= 4 is 0 Å². The molecule has 1 aromatic rings. The molecular weight excluding hydrogens is 250 g/mol. The molecule has 0 spiro atoms. The van der Waals surface area contributed by atoms with Crippen LogP contribution >= 0.6 is 0 Å². The fraction of sp³-hybridized carbons (Fsp3) is 0.600. The van der Waals surface area contributed by atoms with Crippen LogP contribution in [-0.4, -0.2) is 19.0 Å². The Labute approximate surface area is 112 Å². The van der Waals surface area contributed by atoms with E-state index in [4.69, 9.17) is 0 Å². The van der Waals surface area contributed by atoms with Gasteiger partial charge in [0.2, 0.25) is 0 Å². The Morgan fingerprint density at radius 3 is 2.32 bits per heavy atom. The summed E-state index contributed by atoms with van der Waals surface area (Å²) in [5.41, 5.74) is 2.48. The molecule has 1 fully saturated rings. The van der Waals surface area contributed by atoms with E-state index in [1.54, 1.807) is 0 Å². The van der Waals surface area contributed by atoms with Crippen LogP contribution in [0.5, 0.6) is 0 Å². The third-order valence-corrected chi connectivity index (χ3v) is 3.34. The number of aryl methyl sites for hydroxylation is 2. The highest BCUT2D eigenvalue weighted by molar-refractivity contribution is 5.22. The molecule has 2 nitrogen and oxygen atoms in total. The van der Waals surface area contributed by atoms with Crippen LogP contribution in [0.25, 0.3) is 0 Å². The molecule has 1 heterocycles. The van der Waals surface area contributed by atoms with Gasteiger partial charge in [-0.05, 0) is 36.8 Å². The SMILES string of the molecule is CCCCc1ccc(CCC2COC(F)(F)O2)cc1. The van der Waals surface area contributed by atoms with E-state index in [0.29, 0.717) is 6.42 Å². The van der Waals surface area contributed by atoms with Gasteiger partial charge in [0.15, 0.2) is 0 Å². The molecule has 4 heteroatoms. The van der Waals surface area contributed by atoms with Gasteiger partial charge in [-0.1, -0.05) is 37.6 Å². The predicted molar refractivity (Wildman–Crippen MR) is 69.1 cm³/mol. The molecule has 1 atom stereocenters. The summed E-state index contributed by atoms with van der Waals surface area (Å²) >= 11 is 0. The summed E-state index contributed by atoms with van der Waals surface area (Å²) in [5, 5.41) is 0. The standard InChI is InChI=1S/C15H20F2O2/c1-2-3-4-12-5-7-13(8-6-12)9-10-14-11-18-15(16,17)19-14/h5-8,14H,2-4,9-11H2,1H3. The number of hydrogen-bond acceptors (Lipinski definition) is 2. The zero-order chi connectivity index (χ0) is 13.7. The molecule has 0 aromatic heterocycles. The third kappa shape index (κ3) is 4.55. The molecule has 1 aliphatic heterocycles. The highest BCUT2D eigenvalue weighted by atomic mass is 19.3. The van der Waals surface area contributed by atoms with Crippen molar-refractivity contribution < 1.29 is 18.3 Å². The summed E-state index contributed by atoms with van der Waals surface area (Å²) in [6.07, 6.45) is 0.880. The minimum atomic E-state index is -3.39. The van der Waals surface area contributed by atoms with Crippen LogP contribution in [0.15, 0.2) is 24.3 Å². The summed E-state index contributed by atoms with van der Waals surface area (Å²) in [6, 6.07) is 8.37. The summed E-state index contributed by atoms with van der Waals surface area (Å²) in [7, 11) is 0. The van der Waals surface area contributed by atoms with Gasteiger partial charge in [0.25, 0.3) is 0 Å². The van der Waals surface area contributed by atoms with E-state index in [1.165, 1.54) is 18.4 Å². The van der Waals surface area contributed by atoms with Crippen LogP contribution < -0.4 is 0 Å². The van der Waals surface area contributed by atoms with Gasteiger partial charge in [0.05, 0.1) is 12.7 Å². The highest BCUT2D eigenvalue weighted by Crippen LogP contribution is 2.28. The van der Waals surface area contributed by atoms with Crippen molar-refractivity contribution in [1.29, 1.82) is 0 Å².